The van der Waals surface area contributed by atoms with E-state index in [2.05, 4.69) is 60.5 Å². The maximum Gasteiger partial charge on any atom is 0.231 e. The molecule has 0 spiro atoms. The smallest absolute Gasteiger partial charge is 0.231 e. The molecule has 1 saturated heterocycles. The Kier molecular flexibility index (Phi) is 4.64. The summed E-state index contributed by atoms with van der Waals surface area (Å²) in [6, 6.07) is 15.4. The van der Waals surface area contributed by atoms with Crippen molar-refractivity contribution in [1.29, 1.82) is 0 Å². The van der Waals surface area contributed by atoms with Crippen LogP contribution in [0.4, 0.5) is 0 Å². The number of rotatable bonds is 4. The van der Waals surface area contributed by atoms with E-state index in [0.29, 0.717) is 18.8 Å². The fourth-order valence-electron chi connectivity index (χ4n) is 3.87. The van der Waals surface area contributed by atoms with Crippen molar-refractivity contribution in [2.75, 3.05) is 26.4 Å². The quantitative estimate of drug-likeness (QED) is 0.922. The molecule has 1 atom stereocenters. The van der Waals surface area contributed by atoms with Gasteiger partial charge in [0.15, 0.2) is 11.5 Å². The molecule has 4 rings (SSSR count). The summed E-state index contributed by atoms with van der Waals surface area (Å²) in [5.41, 5.74) is 4.09. The van der Waals surface area contributed by atoms with Crippen LogP contribution in [0.2, 0.25) is 0 Å². The lowest BCUT2D eigenvalue weighted by Crippen LogP contribution is -2.45. The van der Waals surface area contributed by atoms with E-state index in [1.807, 2.05) is 6.07 Å². The molecule has 4 nitrogen and oxygen atoms in total. The highest BCUT2D eigenvalue weighted by Gasteiger charge is 2.25. The van der Waals surface area contributed by atoms with Gasteiger partial charge in [-0.15, -0.1) is 0 Å². The van der Waals surface area contributed by atoms with Gasteiger partial charge in [-0.1, -0.05) is 50.2 Å². The molecular weight excluding hydrogens is 312 g/mol. The summed E-state index contributed by atoms with van der Waals surface area (Å²) in [7, 11) is 0. The number of nitrogens with one attached hydrogen (secondary N) is 1. The highest BCUT2D eigenvalue weighted by Crippen LogP contribution is 2.36. The van der Waals surface area contributed by atoms with Crippen molar-refractivity contribution < 1.29 is 9.47 Å². The number of piperazine rings is 1. The van der Waals surface area contributed by atoms with E-state index in [4.69, 9.17) is 9.47 Å². The minimum Gasteiger partial charge on any atom is -0.454 e. The van der Waals surface area contributed by atoms with E-state index in [1.165, 1.54) is 16.7 Å². The number of hydrogen-bond acceptors (Lipinski definition) is 4. The third kappa shape index (κ3) is 3.37. The minimum absolute atomic E-state index is 0.332. The average Bonchev–Trinajstić information content (AvgIpc) is 3.12. The SMILES string of the molecule is CC(C)c1ccccc1[C@@H]1CN(Cc2cccc3c2OCO3)CCN1. The number of nitrogens with zero attached hydrogens (tertiary/aromatic N) is 1. The topological polar surface area (TPSA) is 33.7 Å². The Morgan fingerprint density at radius 2 is 2.00 bits per heavy atom. The number of fused-ring (bicyclic) bond motifs is 1. The molecule has 2 aromatic carbocycles. The third-order valence-corrected chi connectivity index (χ3v) is 5.13. The minimum atomic E-state index is 0.332. The molecule has 2 aromatic rings. The van der Waals surface area contributed by atoms with Crippen molar-refractivity contribution >= 4 is 0 Å². The number of benzene rings is 2. The van der Waals surface area contributed by atoms with Crippen LogP contribution in [0, 0.1) is 0 Å². The van der Waals surface area contributed by atoms with Gasteiger partial charge in [-0.2, -0.15) is 0 Å². The molecule has 0 bridgehead atoms. The summed E-state index contributed by atoms with van der Waals surface area (Å²) in [5, 5.41) is 3.70. The zero-order valence-corrected chi connectivity index (χ0v) is 15.0. The summed E-state index contributed by atoms with van der Waals surface area (Å²) >= 11 is 0. The highest BCUT2D eigenvalue weighted by molar-refractivity contribution is 5.48. The Morgan fingerprint density at radius 1 is 1.12 bits per heavy atom. The Balaban J connectivity index is 1.52. The molecule has 1 N–H and O–H groups in total. The van der Waals surface area contributed by atoms with Crippen LogP contribution >= 0.6 is 0 Å². The van der Waals surface area contributed by atoms with Crippen LogP contribution in [-0.4, -0.2) is 31.3 Å². The molecule has 25 heavy (non-hydrogen) atoms. The van der Waals surface area contributed by atoms with E-state index < -0.39 is 0 Å². The summed E-state index contributed by atoms with van der Waals surface area (Å²) in [5.74, 6) is 2.32. The summed E-state index contributed by atoms with van der Waals surface area (Å²) in [6.45, 7) is 8.82. The second-order valence-corrected chi connectivity index (χ2v) is 7.18. The Morgan fingerprint density at radius 3 is 2.88 bits per heavy atom. The molecule has 0 saturated carbocycles. The van der Waals surface area contributed by atoms with E-state index in [0.717, 1.165) is 37.7 Å². The van der Waals surface area contributed by atoms with Crippen LogP contribution < -0.4 is 14.8 Å². The molecule has 1 fully saturated rings. The van der Waals surface area contributed by atoms with Gasteiger partial charge in [0.05, 0.1) is 0 Å². The largest absolute Gasteiger partial charge is 0.454 e. The van der Waals surface area contributed by atoms with Gasteiger partial charge in [0.1, 0.15) is 0 Å². The van der Waals surface area contributed by atoms with Crippen LogP contribution in [0.3, 0.4) is 0 Å². The standard InChI is InChI=1S/C21H26N2O2/c1-15(2)17-7-3-4-8-18(17)19-13-23(11-10-22-19)12-16-6-5-9-20-21(16)25-14-24-20/h3-9,15,19,22H,10-14H2,1-2H3/t19-/m0/s1. The van der Waals surface area contributed by atoms with Crippen LogP contribution in [0.1, 0.15) is 42.5 Å². The number of hydrogen-bond donors (Lipinski definition) is 1. The van der Waals surface area contributed by atoms with Gasteiger partial charge in [-0.25, -0.2) is 0 Å². The van der Waals surface area contributed by atoms with E-state index in [9.17, 15) is 0 Å². The van der Waals surface area contributed by atoms with Crippen molar-refractivity contribution in [3.8, 4) is 11.5 Å². The first-order valence-corrected chi connectivity index (χ1v) is 9.14. The normalized spacial score (nSPS) is 20.2. The second-order valence-electron chi connectivity index (χ2n) is 7.18. The van der Waals surface area contributed by atoms with Crippen LogP contribution in [0.15, 0.2) is 42.5 Å². The van der Waals surface area contributed by atoms with E-state index in [1.54, 1.807) is 0 Å². The summed E-state index contributed by atoms with van der Waals surface area (Å²) in [6.07, 6.45) is 0. The van der Waals surface area contributed by atoms with Gasteiger partial charge in [-0.05, 0) is 23.1 Å². The lowest BCUT2D eigenvalue weighted by Gasteiger charge is -2.35. The Bertz CT molecular complexity index is 744. The predicted molar refractivity (Wildman–Crippen MR) is 99.1 cm³/mol. The Hall–Kier alpha value is -2.04. The van der Waals surface area contributed by atoms with E-state index in [-0.39, 0.29) is 0 Å². The lowest BCUT2D eigenvalue weighted by molar-refractivity contribution is 0.168. The molecule has 0 aromatic heterocycles. The summed E-state index contributed by atoms with van der Waals surface area (Å²) in [4.78, 5) is 2.51. The summed E-state index contributed by atoms with van der Waals surface area (Å²) < 4.78 is 11.2. The Labute approximate surface area is 149 Å². The first-order chi connectivity index (χ1) is 12.2. The van der Waals surface area contributed by atoms with Gasteiger partial charge in [0.25, 0.3) is 0 Å². The number of ether oxygens (including phenoxy) is 2. The number of para-hydroxylation sites is 1. The monoisotopic (exact) mass is 338 g/mol. The third-order valence-electron chi connectivity index (χ3n) is 5.13. The van der Waals surface area contributed by atoms with Crippen molar-refractivity contribution in [2.45, 2.75) is 32.4 Å². The maximum absolute atomic E-state index is 5.67. The van der Waals surface area contributed by atoms with Crippen molar-refractivity contribution in [2.24, 2.45) is 0 Å². The van der Waals surface area contributed by atoms with Gasteiger partial charge in [0.2, 0.25) is 6.79 Å². The molecule has 0 aliphatic carbocycles. The van der Waals surface area contributed by atoms with Gasteiger partial charge < -0.3 is 14.8 Å². The molecule has 2 aliphatic heterocycles. The maximum atomic E-state index is 5.67. The van der Waals surface area contributed by atoms with Crippen molar-refractivity contribution in [3.05, 3.63) is 59.2 Å². The predicted octanol–water partition coefficient (Wildman–Crippen LogP) is 3.69. The zero-order valence-electron chi connectivity index (χ0n) is 15.0. The van der Waals surface area contributed by atoms with Crippen molar-refractivity contribution in [3.63, 3.8) is 0 Å². The van der Waals surface area contributed by atoms with Gasteiger partial charge in [0, 0.05) is 37.8 Å². The molecule has 132 valence electrons. The van der Waals surface area contributed by atoms with Crippen molar-refractivity contribution in [1.82, 2.24) is 10.2 Å². The van der Waals surface area contributed by atoms with E-state index >= 15 is 0 Å². The first-order valence-electron chi connectivity index (χ1n) is 9.14. The van der Waals surface area contributed by atoms with Gasteiger partial charge >= 0.3 is 0 Å². The molecule has 2 aliphatic rings. The molecule has 0 unspecified atom stereocenters. The van der Waals surface area contributed by atoms with Crippen LogP contribution in [0.5, 0.6) is 11.5 Å². The first kappa shape index (κ1) is 16.4. The second kappa shape index (κ2) is 7.06. The molecular formula is C21H26N2O2. The fourth-order valence-corrected chi connectivity index (χ4v) is 3.87. The fraction of sp³-hybridized carbons (Fsp3) is 0.429. The van der Waals surface area contributed by atoms with Crippen LogP contribution in [0.25, 0.3) is 0 Å². The van der Waals surface area contributed by atoms with Gasteiger partial charge in [-0.3, -0.25) is 4.90 Å². The average molecular weight is 338 g/mol. The highest BCUT2D eigenvalue weighted by atomic mass is 16.7. The van der Waals surface area contributed by atoms with Crippen LogP contribution in [-0.2, 0) is 6.54 Å². The molecule has 4 heteroatoms. The zero-order chi connectivity index (χ0) is 17.2. The molecule has 2 heterocycles. The molecule has 0 amide bonds. The lowest BCUT2D eigenvalue weighted by atomic mass is 9.92. The molecule has 0 radical (unpaired) electrons.